The number of aryl methyl sites for hydroxylation is 1. The van der Waals surface area contributed by atoms with E-state index >= 15 is 0 Å². The second-order valence-corrected chi connectivity index (χ2v) is 9.73. The van der Waals surface area contributed by atoms with Crippen molar-refractivity contribution in [2.24, 2.45) is 0 Å². The van der Waals surface area contributed by atoms with Crippen LogP contribution in [0.5, 0.6) is 0 Å². The quantitative estimate of drug-likeness (QED) is 0.247. The van der Waals surface area contributed by atoms with E-state index < -0.39 is 0 Å². The highest BCUT2D eigenvalue weighted by molar-refractivity contribution is 7.80. The summed E-state index contributed by atoms with van der Waals surface area (Å²) in [6.45, 7) is 4.96. The van der Waals surface area contributed by atoms with Crippen LogP contribution in [0.15, 0.2) is 48.7 Å². The molecule has 0 radical (unpaired) electrons. The Bertz CT molecular complexity index is 1360. The molecule has 11 heteroatoms. The second-order valence-electron chi connectivity index (χ2n) is 7.67. The van der Waals surface area contributed by atoms with E-state index in [4.69, 9.17) is 58.6 Å². The lowest BCUT2D eigenvalue weighted by atomic mass is 10.2. The van der Waals surface area contributed by atoms with Crippen LogP contribution in [-0.4, -0.2) is 24.7 Å². The molecule has 0 atom stereocenters. The van der Waals surface area contributed by atoms with Gasteiger partial charge in [-0.25, -0.2) is 0 Å². The molecule has 0 aliphatic heterocycles. The van der Waals surface area contributed by atoms with E-state index in [9.17, 15) is 0 Å². The van der Waals surface area contributed by atoms with Gasteiger partial charge in [0, 0.05) is 22.3 Å². The van der Waals surface area contributed by atoms with Gasteiger partial charge in [0.2, 0.25) is 0 Å². The van der Waals surface area contributed by atoms with Crippen LogP contribution in [-0.2, 0) is 13.1 Å². The van der Waals surface area contributed by atoms with Crippen molar-refractivity contribution in [3.05, 3.63) is 91.3 Å². The fourth-order valence-electron chi connectivity index (χ4n) is 3.45. The summed E-state index contributed by atoms with van der Waals surface area (Å²) < 4.78 is 3.66. The minimum absolute atomic E-state index is 0.412. The van der Waals surface area contributed by atoms with Crippen LogP contribution in [0.25, 0.3) is 0 Å². The monoisotopic (exact) mass is 552 g/mol. The number of hydrogen-bond acceptors (Lipinski definition) is 3. The Morgan fingerprint density at radius 3 is 2.41 bits per heavy atom. The van der Waals surface area contributed by atoms with Gasteiger partial charge in [-0.15, -0.1) is 0 Å². The Morgan fingerprint density at radius 2 is 1.68 bits per heavy atom. The van der Waals surface area contributed by atoms with Crippen LogP contribution < -0.4 is 10.6 Å². The molecule has 0 fully saturated rings. The van der Waals surface area contributed by atoms with Crippen molar-refractivity contribution >= 4 is 75.2 Å². The summed E-state index contributed by atoms with van der Waals surface area (Å²) in [5.74, 6) is 0.619. The molecule has 0 aliphatic carbocycles. The number of anilines is 2. The van der Waals surface area contributed by atoms with Crippen LogP contribution in [0.2, 0.25) is 20.1 Å². The standard InChI is InChI=1S/C23H20Cl4N6S/c1-13-22(14(2)33(30-13)12-16-4-5-17(24)10-19(16)26)29-23(34)28-21-7-8-32(31-21)11-15-3-6-18(25)20(27)9-15/h3-10H,11-12H2,1-2H3,(H2,28,29,31,34). The van der Waals surface area contributed by atoms with Gasteiger partial charge >= 0.3 is 0 Å². The first-order valence-corrected chi connectivity index (χ1v) is 12.1. The maximum atomic E-state index is 6.33. The van der Waals surface area contributed by atoms with Gasteiger partial charge in [-0.1, -0.05) is 58.5 Å². The van der Waals surface area contributed by atoms with E-state index in [1.807, 2.05) is 55.1 Å². The van der Waals surface area contributed by atoms with Gasteiger partial charge in [0.15, 0.2) is 10.9 Å². The molecule has 2 aromatic heterocycles. The van der Waals surface area contributed by atoms with Crippen LogP contribution in [0, 0.1) is 13.8 Å². The zero-order chi connectivity index (χ0) is 24.4. The number of halogens is 4. The Balaban J connectivity index is 1.41. The van der Waals surface area contributed by atoms with Crippen molar-refractivity contribution in [2.75, 3.05) is 10.6 Å². The lowest BCUT2D eigenvalue weighted by Gasteiger charge is -2.10. The van der Waals surface area contributed by atoms with Crippen molar-refractivity contribution < 1.29 is 0 Å². The summed E-state index contributed by atoms with van der Waals surface area (Å²) in [5, 5.41) is 18.1. The molecule has 4 aromatic rings. The summed E-state index contributed by atoms with van der Waals surface area (Å²) in [7, 11) is 0. The van der Waals surface area contributed by atoms with Gasteiger partial charge < -0.3 is 10.6 Å². The number of aromatic nitrogens is 4. The molecule has 4 rings (SSSR count). The molecule has 2 N–H and O–H groups in total. The molecule has 34 heavy (non-hydrogen) atoms. The highest BCUT2D eigenvalue weighted by atomic mass is 35.5. The van der Waals surface area contributed by atoms with E-state index in [-0.39, 0.29) is 0 Å². The molecule has 0 saturated carbocycles. The predicted molar refractivity (Wildman–Crippen MR) is 145 cm³/mol. The van der Waals surface area contributed by atoms with E-state index in [0.29, 0.717) is 44.1 Å². The Morgan fingerprint density at radius 1 is 0.882 bits per heavy atom. The third kappa shape index (κ3) is 5.85. The molecular weight excluding hydrogens is 534 g/mol. The fraction of sp³-hybridized carbons (Fsp3) is 0.174. The number of nitrogens with zero attached hydrogens (tertiary/aromatic N) is 4. The highest BCUT2D eigenvalue weighted by Gasteiger charge is 2.15. The molecule has 0 aliphatic rings. The van der Waals surface area contributed by atoms with Crippen LogP contribution in [0.3, 0.4) is 0 Å². The van der Waals surface area contributed by atoms with Gasteiger partial charge in [0.25, 0.3) is 0 Å². The Labute approximate surface area is 222 Å². The van der Waals surface area contributed by atoms with E-state index in [0.717, 1.165) is 28.2 Å². The molecule has 0 spiro atoms. The van der Waals surface area contributed by atoms with Crippen molar-refractivity contribution in [3.8, 4) is 0 Å². The summed E-state index contributed by atoms with van der Waals surface area (Å²) in [4.78, 5) is 0. The zero-order valence-electron chi connectivity index (χ0n) is 18.2. The van der Waals surface area contributed by atoms with Gasteiger partial charge in [-0.05, 0) is 61.5 Å². The average Bonchev–Trinajstić information content (AvgIpc) is 3.31. The lowest BCUT2D eigenvalue weighted by Crippen LogP contribution is -2.20. The Kier molecular flexibility index (Phi) is 7.70. The summed E-state index contributed by atoms with van der Waals surface area (Å²) in [6.07, 6.45) is 1.86. The summed E-state index contributed by atoms with van der Waals surface area (Å²) in [6, 6.07) is 12.8. The molecule has 176 valence electrons. The van der Waals surface area contributed by atoms with Crippen LogP contribution in [0.4, 0.5) is 11.5 Å². The maximum Gasteiger partial charge on any atom is 0.176 e. The molecule has 2 aromatic carbocycles. The van der Waals surface area contributed by atoms with Gasteiger partial charge in [0.05, 0.1) is 40.2 Å². The topological polar surface area (TPSA) is 59.7 Å². The van der Waals surface area contributed by atoms with E-state index in [1.165, 1.54) is 0 Å². The second kappa shape index (κ2) is 10.5. The number of hydrogen-bond donors (Lipinski definition) is 2. The highest BCUT2D eigenvalue weighted by Crippen LogP contribution is 2.26. The normalized spacial score (nSPS) is 11.0. The lowest BCUT2D eigenvalue weighted by molar-refractivity contribution is 0.659. The van der Waals surface area contributed by atoms with Crippen LogP contribution >= 0.6 is 58.6 Å². The Hall–Kier alpha value is -2.29. The summed E-state index contributed by atoms with van der Waals surface area (Å²) >= 11 is 29.9. The third-order valence-electron chi connectivity index (χ3n) is 5.17. The number of rotatable bonds is 6. The molecule has 6 nitrogen and oxygen atoms in total. The SMILES string of the molecule is Cc1nn(Cc2ccc(Cl)cc2Cl)c(C)c1NC(=S)Nc1ccn(Cc2ccc(Cl)c(Cl)c2)n1. The van der Waals surface area contributed by atoms with Crippen molar-refractivity contribution in [1.29, 1.82) is 0 Å². The molecular formula is C23H20Cl4N6S. The number of thiocarbonyl (C=S) groups is 1. The van der Waals surface area contributed by atoms with E-state index in [2.05, 4.69) is 20.8 Å². The minimum Gasteiger partial charge on any atom is -0.329 e. The van der Waals surface area contributed by atoms with Crippen molar-refractivity contribution in [2.45, 2.75) is 26.9 Å². The van der Waals surface area contributed by atoms with Crippen molar-refractivity contribution in [3.63, 3.8) is 0 Å². The summed E-state index contributed by atoms with van der Waals surface area (Å²) in [5.41, 5.74) is 4.49. The molecule has 2 heterocycles. The molecule has 0 saturated heterocycles. The first-order chi connectivity index (χ1) is 16.2. The largest absolute Gasteiger partial charge is 0.329 e. The average molecular weight is 554 g/mol. The first-order valence-electron chi connectivity index (χ1n) is 10.2. The number of nitrogens with one attached hydrogen (secondary N) is 2. The molecule has 0 amide bonds. The molecule has 0 bridgehead atoms. The first kappa shape index (κ1) is 24.8. The minimum atomic E-state index is 0.412. The fourth-order valence-corrected chi connectivity index (χ4v) is 4.44. The third-order valence-corrected chi connectivity index (χ3v) is 6.70. The van der Waals surface area contributed by atoms with E-state index in [1.54, 1.807) is 16.8 Å². The van der Waals surface area contributed by atoms with Gasteiger partial charge in [-0.3, -0.25) is 9.36 Å². The van der Waals surface area contributed by atoms with Crippen molar-refractivity contribution in [1.82, 2.24) is 19.6 Å². The zero-order valence-corrected chi connectivity index (χ0v) is 22.1. The van der Waals surface area contributed by atoms with Crippen LogP contribution in [0.1, 0.15) is 22.5 Å². The van der Waals surface area contributed by atoms with Gasteiger partial charge in [0.1, 0.15) is 0 Å². The number of benzene rings is 2. The smallest absolute Gasteiger partial charge is 0.176 e. The predicted octanol–water partition coefficient (Wildman–Crippen LogP) is 7.22. The molecule has 0 unspecified atom stereocenters. The van der Waals surface area contributed by atoms with Gasteiger partial charge in [-0.2, -0.15) is 10.2 Å². The maximum absolute atomic E-state index is 6.33.